The molecule has 0 bridgehead atoms. The maximum absolute atomic E-state index is 15.2. The van der Waals surface area contributed by atoms with Gasteiger partial charge in [-0.3, -0.25) is 0 Å². The van der Waals surface area contributed by atoms with Crippen molar-refractivity contribution in [1.82, 2.24) is 0 Å². The summed E-state index contributed by atoms with van der Waals surface area (Å²) in [6.45, 7) is 3.50. The minimum Gasteiger partial charge on any atom is -0.403 e. The standard InChI is InChI=1S/C30H33F5O3/c1-2-3-4-5-6-7-21-18-36-29(37-19-21)24-13-14-25-23(17-24)12-11-22(28(25)32)10-8-20-9-15-27(26(31)16-20)38-30(33,34)35/h9,11-17,21,29H,2-8,10,18-19H2,1H3. The third-order valence-electron chi connectivity index (χ3n) is 6.92. The van der Waals surface area contributed by atoms with Gasteiger partial charge >= 0.3 is 6.36 Å². The van der Waals surface area contributed by atoms with E-state index in [0.29, 0.717) is 41.0 Å². The summed E-state index contributed by atoms with van der Waals surface area (Å²) in [7, 11) is 0. The van der Waals surface area contributed by atoms with Crippen molar-refractivity contribution in [3.63, 3.8) is 0 Å². The van der Waals surface area contributed by atoms with Gasteiger partial charge < -0.3 is 14.2 Å². The van der Waals surface area contributed by atoms with Crippen LogP contribution < -0.4 is 4.74 Å². The Kier molecular flexibility index (Phi) is 9.60. The van der Waals surface area contributed by atoms with E-state index in [1.165, 1.54) is 38.2 Å². The molecule has 8 heteroatoms. The molecule has 0 aromatic heterocycles. The van der Waals surface area contributed by atoms with Crippen molar-refractivity contribution >= 4 is 10.8 Å². The lowest BCUT2D eigenvalue weighted by molar-refractivity contribution is -0.275. The smallest absolute Gasteiger partial charge is 0.403 e. The predicted molar refractivity (Wildman–Crippen MR) is 136 cm³/mol. The second-order valence-electron chi connectivity index (χ2n) is 9.90. The first kappa shape index (κ1) is 28.3. The molecule has 0 N–H and O–H groups in total. The first-order chi connectivity index (χ1) is 18.2. The number of alkyl halides is 3. The summed E-state index contributed by atoms with van der Waals surface area (Å²) in [6, 6.07) is 12.1. The van der Waals surface area contributed by atoms with Crippen molar-refractivity contribution in [3.8, 4) is 5.75 Å². The van der Waals surface area contributed by atoms with Crippen LogP contribution in [-0.2, 0) is 22.3 Å². The van der Waals surface area contributed by atoms with Gasteiger partial charge in [0, 0.05) is 16.9 Å². The number of unbranched alkanes of at least 4 members (excludes halogenated alkanes) is 4. The second-order valence-corrected chi connectivity index (χ2v) is 9.90. The number of hydrogen-bond acceptors (Lipinski definition) is 3. The quantitative estimate of drug-likeness (QED) is 0.181. The van der Waals surface area contributed by atoms with Crippen LogP contribution in [0.25, 0.3) is 10.8 Å². The highest BCUT2D eigenvalue weighted by Gasteiger charge is 2.32. The van der Waals surface area contributed by atoms with E-state index >= 15 is 4.39 Å². The molecule has 0 amide bonds. The zero-order chi connectivity index (χ0) is 27.1. The summed E-state index contributed by atoms with van der Waals surface area (Å²) in [5, 5.41) is 1.17. The maximum Gasteiger partial charge on any atom is 0.573 e. The monoisotopic (exact) mass is 536 g/mol. The molecule has 1 fully saturated rings. The van der Waals surface area contributed by atoms with Crippen molar-refractivity contribution in [2.24, 2.45) is 5.92 Å². The van der Waals surface area contributed by atoms with Gasteiger partial charge in [-0.05, 0) is 54.0 Å². The Morgan fingerprint density at radius 1 is 0.868 bits per heavy atom. The first-order valence-electron chi connectivity index (χ1n) is 13.2. The van der Waals surface area contributed by atoms with Crippen LogP contribution in [0.4, 0.5) is 22.0 Å². The van der Waals surface area contributed by atoms with Crippen LogP contribution in [0.3, 0.4) is 0 Å². The van der Waals surface area contributed by atoms with Gasteiger partial charge in [0.1, 0.15) is 5.82 Å². The van der Waals surface area contributed by atoms with E-state index in [-0.39, 0.29) is 18.7 Å². The Hall–Kier alpha value is -2.71. The summed E-state index contributed by atoms with van der Waals surface area (Å²) in [4.78, 5) is 0. The minimum absolute atomic E-state index is 0.257. The number of aryl methyl sites for hydroxylation is 2. The highest BCUT2D eigenvalue weighted by atomic mass is 19.4. The Bertz CT molecular complexity index is 1200. The van der Waals surface area contributed by atoms with Crippen LogP contribution in [0.1, 0.15) is 68.4 Å². The zero-order valence-electron chi connectivity index (χ0n) is 21.5. The Morgan fingerprint density at radius 2 is 1.63 bits per heavy atom. The van der Waals surface area contributed by atoms with E-state index < -0.39 is 24.2 Å². The van der Waals surface area contributed by atoms with Gasteiger partial charge in [0.25, 0.3) is 0 Å². The fourth-order valence-corrected chi connectivity index (χ4v) is 4.82. The van der Waals surface area contributed by atoms with Crippen molar-refractivity contribution < 1.29 is 36.2 Å². The van der Waals surface area contributed by atoms with Gasteiger partial charge in [-0.15, -0.1) is 13.2 Å². The Morgan fingerprint density at radius 3 is 2.34 bits per heavy atom. The maximum atomic E-state index is 15.2. The molecule has 38 heavy (non-hydrogen) atoms. The van der Waals surface area contributed by atoms with E-state index in [2.05, 4.69) is 11.7 Å². The van der Waals surface area contributed by atoms with Gasteiger partial charge in [0.2, 0.25) is 0 Å². The molecule has 1 saturated heterocycles. The number of halogens is 5. The van der Waals surface area contributed by atoms with Crippen LogP contribution >= 0.6 is 0 Å². The van der Waals surface area contributed by atoms with Crippen LogP contribution in [0.15, 0.2) is 48.5 Å². The molecule has 1 aliphatic rings. The SMILES string of the molecule is CCCCCCCC1COC(c2ccc3c(F)c(CCc4ccc(OC(F)(F)F)c(F)c4)ccc3c2)OC1. The predicted octanol–water partition coefficient (Wildman–Crippen LogP) is 8.82. The van der Waals surface area contributed by atoms with Gasteiger partial charge in [0.05, 0.1) is 13.2 Å². The number of benzene rings is 3. The second kappa shape index (κ2) is 12.9. The molecule has 0 unspecified atom stereocenters. The van der Waals surface area contributed by atoms with Crippen molar-refractivity contribution in [3.05, 3.63) is 76.9 Å². The normalized spacial score (nSPS) is 18.2. The lowest BCUT2D eigenvalue weighted by Crippen LogP contribution is -2.27. The van der Waals surface area contributed by atoms with Gasteiger partial charge in [-0.2, -0.15) is 0 Å². The highest BCUT2D eigenvalue weighted by Crippen LogP contribution is 2.31. The molecule has 0 atom stereocenters. The van der Waals surface area contributed by atoms with E-state index in [9.17, 15) is 17.6 Å². The fraction of sp³-hybridized carbons (Fsp3) is 0.467. The number of fused-ring (bicyclic) bond motifs is 1. The molecule has 0 spiro atoms. The molecule has 206 valence electrons. The molecule has 0 radical (unpaired) electrons. The first-order valence-corrected chi connectivity index (χ1v) is 13.2. The molecule has 0 aliphatic carbocycles. The third-order valence-corrected chi connectivity index (χ3v) is 6.92. The van der Waals surface area contributed by atoms with Crippen LogP contribution in [0, 0.1) is 17.6 Å². The lowest BCUT2D eigenvalue weighted by Gasteiger charge is -2.30. The Labute approximate surface area is 219 Å². The van der Waals surface area contributed by atoms with Crippen LogP contribution in [-0.4, -0.2) is 19.6 Å². The van der Waals surface area contributed by atoms with Gasteiger partial charge in [0.15, 0.2) is 17.9 Å². The summed E-state index contributed by atoms with van der Waals surface area (Å²) < 4.78 is 81.8. The largest absolute Gasteiger partial charge is 0.573 e. The summed E-state index contributed by atoms with van der Waals surface area (Å²) >= 11 is 0. The van der Waals surface area contributed by atoms with Gasteiger partial charge in [-0.25, -0.2) is 8.78 Å². The molecule has 3 nitrogen and oxygen atoms in total. The number of rotatable bonds is 11. The molecule has 4 rings (SSSR count). The average molecular weight is 537 g/mol. The van der Waals surface area contributed by atoms with Crippen molar-refractivity contribution in [2.75, 3.05) is 13.2 Å². The molecule has 1 heterocycles. The van der Waals surface area contributed by atoms with Crippen LogP contribution in [0.5, 0.6) is 5.75 Å². The lowest BCUT2D eigenvalue weighted by atomic mass is 9.98. The molecule has 3 aromatic rings. The van der Waals surface area contributed by atoms with E-state index in [1.807, 2.05) is 12.1 Å². The summed E-state index contributed by atoms with van der Waals surface area (Å²) in [5.41, 5.74) is 1.72. The van der Waals surface area contributed by atoms with E-state index in [4.69, 9.17) is 9.47 Å². The number of hydrogen-bond donors (Lipinski definition) is 0. The average Bonchev–Trinajstić information content (AvgIpc) is 2.89. The fourth-order valence-electron chi connectivity index (χ4n) is 4.82. The summed E-state index contributed by atoms with van der Waals surface area (Å²) in [6.07, 6.45) is 2.39. The molecular weight excluding hydrogens is 503 g/mol. The third kappa shape index (κ3) is 7.67. The topological polar surface area (TPSA) is 27.7 Å². The molecule has 1 aliphatic heterocycles. The number of ether oxygens (including phenoxy) is 3. The molecule has 3 aromatic carbocycles. The van der Waals surface area contributed by atoms with Crippen LogP contribution in [0.2, 0.25) is 0 Å². The summed E-state index contributed by atoms with van der Waals surface area (Å²) in [5.74, 6) is -1.98. The zero-order valence-corrected chi connectivity index (χ0v) is 21.5. The van der Waals surface area contributed by atoms with Crippen molar-refractivity contribution in [1.29, 1.82) is 0 Å². The Balaban J connectivity index is 1.34. The van der Waals surface area contributed by atoms with Gasteiger partial charge in [-0.1, -0.05) is 69.4 Å². The van der Waals surface area contributed by atoms with E-state index in [1.54, 1.807) is 18.2 Å². The highest BCUT2D eigenvalue weighted by molar-refractivity contribution is 5.84. The minimum atomic E-state index is -4.97. The van der Waals surface area contributed by atoms with E-state index in [0.717, 1.165) is 24.1 Å². The molecule has 0 saturated carbocycles. The van der Waals surface area contributed by atoms with Crippen molar-refractivity contribution in [2.45, 2.75) is 70.9 Å². The molecular formula is C30H33F5O3.